The molecule has 1 aromatic heterocycles. The first-order valence-corrected chi connectivity index (χ1v) is 4.66. The van der Waals surface area contributed by atoms with Gasteiger partial charge < -0.3 is 10.6 Å². The lowest BCUT2D eigenvalue weighted by atomic mass is 10.3. The van der Waals surface area contributed by atoms with E-state index in [0.717, 1.165) is 25.3 Å². The van der Waals surface area contributed by atoms with E-state index in [0.29, 0.717) is 5.56 Å². The van der Waals surface area contributed by atoms with Crippen LogP contribution in [-0.2, 0) is 0 Å². The van der Waals surface area contributed by atoms with Gasteiger partial charge in [-0.25, -0.2) is 4.98 Å². The molecule has 2 N–H and O–H groups in total. The molecule has 1 aliphatic heterocycles. The second-order valence-corrected chi connectivity index (χ2v) is 3.51. The smallest absolute Gasteiger partial charge is 0.128 e. The predicted molar refractivity (Wildman–Crippen MR) is 53.8 cm³/mol. The summed E-state index contributed by atoms with van der Waals surface area (Å²) < 4.78 is 0. The van der Waals surface area contributed by atoms with E-state index >= 15 is 0 Å². The Hall–Kier alpha value is -1.60. The molecule has 1 saturated heterocycles. The van der Waals surface area contributed by atoms with E-state index in [1.54, 1.807) is 12.3 Å². The first kappa shape index (κ1) is 8.97. The number of nitrogens with zero attached hydrogens (tertiary/aromatic N) is 3. The number of rotatable bonds is 1. The summed E-state index contributed by atoms with van der Waals surface area (Å²) in [6.07, 6.45) is 2.61. The van der Waals surface area contributed by atoms with Gasteiger partial charge in [0.1, 0.15) is 11.9 Å². The predicted octanol–water partition coefficient (Wildman–Crippen LogP) is 0.491. The van der Waals surface area contributed by atoms with Crippen LogP contribution in [0.5, 0.6) is 0 Å². The molecule has 0 radical (unpaired) electrons. The van der Waals surface area contributed by atoms with Crippen molar-refractivity contribution >= 4 is 5.82 Å². The van der Waals surface area contributed by atoms with Crippen molar-refractivity contribution < 1.29 is 0 Å². The molecule has 0 amide bonds. The number of nitrogens with two attached hydrogens (primary N) is 1. The van der Waals surface area contributed by atoms with Crippen LogP contribution >= 0.6 is 0 Å². The minimum atomic E-state index is 0.257. The number of anilines is 1. The fourth-order valence-electron chi connectivity index (χ4n) is 1.63. The summed E-state index contributed by atoms with van der Waals surface area (Å²) >= 11 is 0. The van der Waals surface area contributed by atoms with Gasteiger partial charge in [-0.1, -0.05) is 0 Å². The van der Waals surface area contributed by atoms with Crippen LogP contribution in [0.15, 0.2) is 18.3 Å². The third kappa shape index (κ3) is 1.68. The van der Waals surface area contributed by atoms with Crippen molar-refractivity contribution in [3.05, 3.63) is 23.9 Å². The largest absolute Gasteiger partial charge is 0.355 e. The number of aromatic nitrogens is 1. The Morgan fingerprint density at radius 2 is 2.43 bits per heavy atom. The highest BCUT2D eigenvalue weighted by Crippen LogP contribution is 2.16. The van der Waals surface area contributed by atoms with E-state index < -0.39 is 0 Å². The Bertz CT molecular complexity index is 351. The number of hydrogen-bond donors (Lipinski definition) is 1. The molecule has 0 bridgehead atoms. The summed E-state index contributed by atoms with van der Waals surface area (Å²) in [6.45, 7) is 1.82. The van der Waals surface area contributed by atoms with Crippen molar-refractivity contribution in [1.29, 1.82) is 5.26 Å². The molecular weight excluding hydrogens is 176 g/mol. The molecule has 0 saturated carbocycles. The van der Waals surface area contributed by atoms with E-state index in [1.165, 1.54) is 0 Å². The monoisotopic (exact) mass is 188 g/mol. The van der Waals surface area contributed by atoms with Gasteiger partial charge in [-0.15, -0.1) is 0 Å². The first-order chi connectivity index (χ1) is 6.79. The molecule has 0 aliphatic carbocycles. The summed E-state index contributed by atoms with van der Waals surface area (Å²) in [7, 11) is 0. The van der Waals surface area contributed by atoms with Crippen LogP contribution in [0.25, 0.3) is 0 Å². The fourth-order valence-corrected chi connectivity index (χ4v) is 1.63. The number of hydrogen-bond acceptors (Lipinski definition) is 4. The van der Waals surface area contributed by atoms with Crippen molar-refractivity contribution in [3.8, 4) is 6.07 Å². The second kappa shape index (κ2) is 3.64. The van der Waals surface area contributed by atoms with Crippen LogP contribution < -0.4 is 10.6 Å². The van der Waals surface area contributed by atoms with Crippen LogP contribution in [0.2, 0.25) is 0 Å². The SMILES string of the molecule is N#Cc1ccc(N2CCC(N)C2)nc1. The van der Waals surface area contributed by atoms with Crippen LogP contribution in [0, 0.1) is 11.3 Å². The van der Waals surface area contributed by atoms with Gasteiger partial charge in [0.2, 0.25) is 0 Å². The van der Waals surface area contributed by atoms with Gasteiger partial charge in [-0.3, -0.25) is 0 Å². The maximum Gasteiger partial charge on any atom is 0.128 e. The third-order valence-corrected chi connectivity index (χ3v) is 2.43. The Morgan fingerprint density at radius 1 is 1.57 bits per heavy atom. The summed E-state index contributed by atoms with van der Waals surface area (Å²) in [4.78, 5) is 6.36. The minimum Gasteiger partial charge on any atom is -0.355 e. The van der Waals surface area contributed by atoms with Crippen molar-refractivity contribution in [3.63, 3.8) is 0 Å². The molecule has 0 spiro atoms. The van der Waals surface area contributed by atoms with Crippen molar-refractivity contribution in [2.45, 2.75) is 12.5 Å². The normalized spacial score (nSPS) is 20.9. The van der Waals surface area contributed by atoms with Crippen LogP contribution in [0.1, 0.15) is 12.0 Å². The molecule has 14 heavy (non-hydrogen) atoms. The zero-order valence-corrected chi connectivity index (χ0v) is 7.85. The molecule has 4 heteroatoms. The molecular formula is C10H12N4. The van der Waals surface area contributed by atoms with E-state index in [-0.39, 0.29) is 6.04 Å². The lowest BCUT2D eigenvalue weighted by molar-refractivity contribution is 0.751. The van der Waals surface area contributed by atoms with Gasteiger partial charge in [0.05, 0.1) is 5.56 Å². The molecule has 1 unspecified atom stereocenters. The van der Waals surface area contributed by atoms with Crippen LogP contribution in [0.3, 0.4) is 0 Å². The van der Waals surface area contributed by atoms with Gasteiger partial charge in [0, 0.05) is 25.3 Å². The third-order valence-electron chi connectivity index (χ3n) is 2.43. The Labute approximate surface area is 83.0 Å². The summed E-state index contributed by atoms with van der Waals surface area (Å²) in [5.41, 5.74) is 6.39. The Morgan fingerprint density at radius 3 is 2.93 bits per heavy atom. The zero-order chi connectivity index (χ0) is 9.97. The molecule has 1 aliphatic rings. The molecule has 0 aromatic carbocycles. The van der Waals surface area contributed by atoms with E-state index in [1.807, 2.05) is 12.1 Å². The average Bonchev–Trinajstić information content (AvgIpc) is 2.65. The lowest BCUT2D eigenvalue weighted by Gasteiger charge is -2.16. The van der Waals surface area contributed by atoms with Crippen molar-refractivity contribution in [1.82, 2.24) is 4.98 Å². The Kier molecular flexibility index (Phi) is 2.33. The zero-order valence-electron chi connectivity index (χ0n) is 7.85. The maximum atomic E-state index is 8.61. The van der Waals surface area contributed by atoms with Crippen molar-refractivity contribution in [2.75, 3.05) is 18.0 Å². The standard InChI is InChI=1S/C10H12N4/c11-5-8-1-2-10(13-6-8)14-4-3-9(12)7-14/h1-2,6,9H,3-4,7,12H2. The quantitative estimate of drug-likeness (QED) is 0.696. The Balaban J connectivity index is 2.14. The number of nitriles is 1. The van der Waals surface area contributed by atoms with Gasteiger partial charge >= 0.3 is 0 Å². The second-order valence-electron chi connectivity index (χ2n) is 3.51. The first-order valence-electron chi connectivity index (χ1n) is 4.66. The van der Waals surface area contributed by atoms with Gasteiger partial charge in [0.15, 0.2) is 0 Å². The molecule has 72 valence electrons. The average molecular weight is 188 g/mol. The molecule has 2 rings (SSSR count). The van der Waals surface area contributed by atoms with Gasteiger partial charge in [-0.05, 0) is 18.6 Å². The van der Waals surface area contributed by atoms with Crippen LogP contribution in [-0.4, -0.2) is 24.1 Å². The summed E-state index contributed by atoms with van der Waals surface area (Å²) in [5, 5.41) is 8.61. The lowest BCUT2D eigenvalue weighted by Crippen LogP contribution is -2.26. The van der Waals surface area contributed by atoms with Crippen molar-refractivity contribution in [2.24, 2.45) is 5.73 Å². The molecule has 1 atom stereocenters. The summed E-state index contributed by atoms with van der Waals surface area (Å²) in [5.74, 6) is 0.914. The van der Waals surface area contributed by atoms with Crippen LogP contribution in [0.4, 0.5) is 5.82 Å². The molecule has 4 nitrogen and oxygen atoms in total. The minimum absolute atomic E-state index is 0.257. The topological polar surface area (TPSA) is 65.9 Å². The highest BCUT2D eigenvalue weighted by atomic mass is 15.2. The highest BCUT2D eigenvalue weighted by molar-refractivity contribution is 5.43. The van der Waals surface area contributed by atoms with Gasteiger partial charge in [0.25, 0.3) is 0 Å². The van der Waals surface area contributed by atoms with E-state index in [4.69, 9.17) is 11.0 Å². The number of pyridine rings is 1. The maximum absolute atomic E-state index is 8.61. The summed E-state index contributed by atoms with van der Waals surface area (Å²) in [6, 6.07) is 5.96. The molecule has 1 aromatic rings. The van der Waals surface area contributed by atoms with E-state index in [2.05, 4.69) is 9.88 Å². The molecule has 2 heterocycles. The van der Waals surface area contributed by atoms with Gasteiger partial charge in [-0.2, -0.15) is 5.26 Å². The fraction of sp³-hybridized carbons (Fsp3) is 0.400. The van der Waals surface area contributed by atoms with E-state index in [9.17, 15) is 0 Å². The molecule has 1 fully saturated rings. The highest BCUT2D eigenvalue weighted by Gasteiger charge is 2.19.